The molecule has 0 atom stereocenters. The first-order valence-electron chi connectivity index (χ1n) is 10.5. The lowest BCUT2D eigenvalue weighted by molar-refractivity contribution is -0.124. The third-order valence-corrected chi connectivity index (χ3v) is 6.53. The number of amides is 1. The van der Waals surface area contributed by atoms with Gasteiger partial charge in [0.1, 0.15) is 11.4 Å². The molecule has 0 bridgehead atoms. The summed E-state index contributed by atoms with van der Waals surface area (Å²) < 4.78 is 16.5. The number of aromatic nitrogens is 2. The highest BCUT2D eigenvalue weighted by atomic mass is 35.5. The molecule has 2 aliphatic rings. The van der Waals surface area contributed by atoms with Crippen LogP contribution in [0.3, 0.4) is 0 Å². The number of nitrogens with one attached hydrogen (secondary N) is 1. The molecule has 0 radical (unpaired) electrons. The first-order valence-corrected chi connectivity index (χ1v) is 11.3. The van der Waals surface area contributed by atoms with E-state index in [1.165, 1.54) is 17.0 Å². The predicted molar refractivity (Wildman–Crippen MR) is 130 cm³/mol. The van der Waals surface area contributed by atoms with E-state index in [1.807, 2.05) is 6.92 Å². The van der Waals surface area contributed by atoms with Gasteiger partial charge in [-0.15, -0.1) is 6.58 Å². The molecule has 2 fully saturated rings. The van der Waals surface area contributed by atoms with Crippen LogP contribution in [-0.4, -0.2) is 34.0 Å². The summed E-state index contributed by atoms with van der Waals surface area (Å²) in [7, 11) is 0. The molecule has 172 valence electrons. The minimum Gasteiger partial charge on any atom is -0.372 e. The zero-order chi connectivity index (χ0) is 23.8. The third kappa shape index (κ3) is 4.35. The number of anilines is 1. The SMILES string of the molecule is C=CC.O=CN1CC(Nc2ccc3ncn(C4CC4)c(=O)c3c2)(c2c(F)ccc(Cl)c2Cl)C1. The fraction of sp³-hybridized carbons (Fsp3) is 0.292. The Hall–Kier alpha value is -2.90. The van der Waals surface area contributed by atoms with Crippen molar-refractivity contribution in [2.24, 2.45) is 0 Å². The maximum absolute atomic E-state index is 14.8. The molecule has 1 saturated carbocycles. The molecule has 1 aliphatic carbocycles. The van der Waals surface area contributed by atoms with Crippen LogP contribution in [0.25, 0.3) is 10.9 Å². The number of benzene rings is 2. The summed E-state index contributed by atoms with van der Waals surface area (Å²) in [5, 5.41) is 4.12. The van der Waals surface area contributed by atoms with E-state index in [4.69, 9.17) is 23.2 Å². The van der Waals surface area contributed by atoms with E-state index in [-0.39, 0.29) is 40.3 Å². The second-order valence-electron chi connectivity index (χ2n) is 8.26. The Bertz CT molecular complexity index is 1280. The van der Waals surface area contributed by atoms with Crippen LogP contribution in [0.2, 0.25) is 10.0 Å². The first kappa shape index (κ1) is 23.3. The molecular weight excluding hydrogens is 466 g/mol. The monoisotopic (exact) mass is 488 g/mol. The van der Waals surface area contributed by atoms with Gasteiger partial charge in [-0.05, 0) is 50.1 Å². The Morgan fingerprint density at radius 1 is 1.24 bits per heavy atom. The molecule has 0 spiro atoms. The van der Waals surface area contributed by atoms with E-state index in [1.54, 1.807) is 35.2 Å². The number of carbonyl (C=O) groups excluding carboxylic acids is 1. The number of hydrogen-bond acceptors (Lipinski definition) is 4. The maximum atomic E-state index is 14.8. The number of nitrogens with zero attached hydrogens (tertiary/aromatic N) is 3. The van der Waals surface area contributed by atoms with Crippen molar-refractivity contribution < 1.29 is 9.18 Å². The molecule has 2 aromatic carbocycles. The van der Waals surface area contributed by atoms with Gasteiger partial charge in [-0.25, -0.2) is 9.37 Å². The van der Waals surface area contributed by atoms with Gasteiger partial charge in [0.05, 0.1) is 27.3 Å². The Morgan fingerprint density at radius 3 is 2.58 bits per heavy atom. The Balaban J connectivity index is 0.000000821. The van der Waals surface area contributed by atoms with Crippen molar-refractivity contribution in [2.45, 2.75) is 31.3 Å². The van der Waals surface area contributed by atoms with Crippen LogP contribution in [0, 0.1) is 5.82 Å². The summed E-state index contributed by atoms with van der Waals surface area (Å²) in [4.78, 5) is 30.0. The summed E-state index contributed by atoms with van der Waals surface area (Å²) in [5.41, 5.74) is 0.340. The normalized spacial score (nSPS) is 16.4. The van der Waals surface area contributed by atoms with Gasteiger partial charge in [-0.2, -0.15) is 0 Å². The average molecular weight is 489 g/mol. The average Bonchev–Trinajstić information content (AvgIpc) is 3.60. The maximum Gasteiger partial charge on any atom is 0.261 e. The minimum absolute atomic E-state index is 0.102. The van der Waals surface area contributed by atoms with Crippen LogP contribution in [0.15, 0.2) is 54.1 Å². The number of carbonyl (C=O) groups is 1. The van der Waals surface area contributed by atoms with E-state index >= 15 is 0 Å². The second-order valence-corrected chi connectivity index (χ2v) is 9.05. The molecule has 6 nitrogen and oxygen atoms in total. The third-order valence-electron chi connectivity index (χ3n) is 5.72. The number of allylic oxidation sites excluding steroid dienone is 1. The Labute approximate surface area is 200 Å². The molecule has 1 saturated heterocycles. The molecule has 5 rings (SSSR count). The van der Waals surface area contributed by atoms with Crippen LogP contribution >= 0.6 is 23.2 Å². The summed E-state index contributed by atoms with van der Waals surface area (Å²) in [6.07, 6.45) is 5.99. The lowest BCUT2D eigenvalue weighted by atomic mass is 9.81. The predicted octanol–water partition coefficient (Wildman–Crippen LogP) is 5.15. The first-order chi connectivity index (χ1) is 15.8. The van der Waals surface area contributed by atoms with Crippen LogP contribution in [0.5, 0.6) is 0 Å². The van der Waals surface area contributed by atoms with Crippen molar-refractivity contribution in [2.75, 3.05) is 18.4 Å². The molecule has 1 N–H and O–H groups in total. The zero-order valence-electron chi connectivity index (χ0n) is 18.0. The molecule has 33 heavy (non-hydrogen) atoms. The molecule has 9 heteroatoms. The number of rotatable bonds is 5. The van der Waals surface area contributed by atoms with E-state index in [9.17, 15) is 14.0 Å². The van der Waals surface area contributed by atoms with Crippen molar-refractivity contribution in [3.05, 3.63) is 81.1 Å². The summed E-state index contributed by atoms with van der Waals surface area (Å²) in [6, 6.07) is 8.10. The smallest absolute Gasteiger partial charge is 0.261 e. The zero-order valence-corrected chi connectivity index (χ0v) is 19.5. The van der Waals surface area contributed by atoms with Crippen molar-refractivity contribution in [3.63, 3.8) is 0 Å². The van der Waals surface area contributed by atoms with E-state index in [2.05, 4.69) is 16.9 Å². The fourth-order valence-corrected chi connectivity index (χ4v) is 4.58. The fourth-order valence-electron chi connectivity index (χ4n) is 4.09. The highest BCUT2D eigenvalue weighted by Gasteiger charge is 2.47. The van der Waals surface area contributed by atoms with Crippen LogP contribution < -0.4 is 10.9 Å². The topological polar surface area (TPSA) is 67.2 Å². The van der Waals surface area contributed by atoms with Gasteiger partial charge in [-0.1, -0.05) is 29.3 Å². The van der Waals surface area contributed by atoms with Gasteiger partial charge in [0.25, 0.3) is 5.56 Å². The van der Waals surface area contributed by atoms with Crippen molar-refractivity contribution >= 4 is 46.2 Å². The van der Waals surface area contributed by atoms with Crippen LogP contribution in [0.1, 0.15) is 31.4 Å². The van der Waals surface area contributed by atoms with Gasteiger partial charge in [-0.3, -0.25) is 14.2 Å². The van der Waals surface area contributed by atoms with E-state index < -0.39 is 11.4 Å². The molecule has 1 aliphatic heterocycles. The molecular formula is C24H23Cl2FN4O2. The Kier molecular flexibility index (Phi) is 6.45. The quantitative estimate of drug-likeness (QED) is 0.306. The second kappa shape index (κ2) is 9.15. The molecule has 1 amide bonds. The van der Waals surface area contributed by atoms with Gasteiger partial charge >= 0.3 is 0 Å². The van der Waals surface area contributed by atoms with E-state index in [0.717, 1.165) is 12.8 Å². The van der Waals surface area contributed by atoms with Crippen molar-refractivity contribution in [3.8, 4) is 0 Å². The van der Waals surface area contributed by atoms with Gasteiger partial charge in [0.15, 0.2) is 0 Å². The largest absolute Gasteiger partial charge is 0.372 e. The van der Waals surface area contributed by atoms with E-state index in [0.29, 0.717) is 23.0 Å². The molecule has 3 aromatic rings. The molecule has 1 aromatic heterocycles. The number of halogens is 3. The van der Waals surface area contributed by atoms with Gasteiger partial charge in [0, 0.05) is 30.4 Å². The van der Waals surface area contributed by atoms with Crippen molar-refractivity contribution in [1.29, 1.82) is 0 Å². The van der Waals surface area contributed by atoms with Crippen LogP contribution in [0.4, 0.5) is 10.1 Å². The lowest BCUT2D eigenvalue weighted by Gasteiger charge is -2.50. The number of likely N-dealkylation sites (tertiary alicyclic amines) is 1. The number of hydrogen-bond donors (Lipinski definition) is 1. The molecule has 2 heterocycles. The Morgan fingerprint density at radius 2 is 1.94 bits per heavy atom. The lowest BCUT2D eigenvalue weighted by Crippen LogP contribution is -2.63. The molecule has 0 unspecified atom stereocenters. The highest BCUT2D eigenvalue weighted by Crippen LogP contribution is 2.42. The van der Waals surface area contributed by atoms with Crippen molar-refractivity contribution in [1.82, 2.24) is 14.5 Å². The van der Waals surface area contributed by atoms with Crippen LogP contribution in [-0.2, 0) is 10.3 Å². The standard InChI is InChI=1S/C21H17Cl2FN4O2.C3H6/c22-15-4-5-16(24)18(19(15)23)21(8-27(9-21)11-29)26-12-1-6-17-14(7-12)20(30)28(10-25-17)13-2-3-13;1-3-2/h1,4-7,10-11,13,26H,2-3,8-9H2;3H,1H2,2H3. The minimum atomic E-state index is -0.960. The van der Waals surface area contributed by atoms with Gasteiger partial charge in [0.2, 0.25) is 6.41 Å². The summed E-state index contributed by atoms with van der Waals surface area (Å²) >= 11 is 12.5. The van der Waals surface area contributed by atoms with Gasteiger partial charge < -0.3 is 10.2 Å². The number of fused-ring (bicyclic) bond motifs is 1. The summed E-state index contributed by atoms with van der Waals surface area (Å²) in [5.74, 6) is -0.513. The highest BCUT2D eigenvalue weighted by molar-refractivity contribution is 6.42. The summed E-state index contributed by atoms with van der Waals surface area (Å²) in [6.45, 7) is 5.68.